The second kappa shape index (κ2) is 8.81. The molecule has 0 saturated heterocycles. The Morgan fingerprint density at radius 1 is 1.42 bits per heavy atom. The molecule has 0 radical (unpaired) electrons. The van der Waals surface area contributed by atoms with Gasteiger partial charge in [-0.25, -0.2) is 4.98 Å². The van der Waals surface area contributed by atoms with Crippen LogP contribution in [0.3, 0.4) is 0 Å². The maximum absolute atomic E-state index is 12.1. The van der Waals surface area contributed by atoms with Crippen LogP contribution in [0.25, 0.3) is 0 Å². The van der Waals surface area contributed by atoms with Gasteiger partial charge in [-0.3, -0.25) is 4.79 Å². The van der Waals surface area contributed by atoms with Crippen molar-refractivity contribution >= 4 is 46.4 Å². The van der Waals surface area contributed by atoms with Crippen LogP contribution in [-0.4, -0.2) is 16.9 Å². The van der Waals surface area contributed by atoms with E-state index in [-0.39, 0.29) is 24.4 Å². The first-order valence-electron chi connectivity index (χ1n) is 7.85. The zero-order valence-corrected chi connectivity index (χ0v) is 15.6. The number of carbonyl (C=O) groups excluding carboxylic acids is 1. The summed E-state index contributed by atoms with van der Waals surface area (Å²) in [5.41, 5.74) is 7.15. The summed E-state index contributed by atoms with van der Waals surface area (Å²) >= 11 is 7.50. The second-order valence-electron chi connectivity index (χ2n) is 6.05. The first kappa shape index (κ1) is 19.2. The van der Waals surface area contributed by atoms with Gasteiger partial charge in [0.25, 0.3) is 0 Å². The van der Waals surface area contributed by atoms with Crippen molar-refractivity contribution in [1.29, 1.82) is 0 Å². The molecule has 7 heteroatoms. The number of halogens is 2. The van der Waals surface area contributed by atoms with Crippen LogP contribution in [0.2, 0.25) is 5.02 Å². The standard InChI is InChI=1S/C17H20ClN3OS.ClH/c18-13-5-1-3-11(7-13)8-14-10-20-17(23-14)21-16(22)9-12-4-2-6-15(12)19;/h1,3,5,7,10,12,15H,2,4,6,8-9,19H2,(H,20,21,22);1H/t12-,15+;/m0./s1. The summed E-state index contributed by atoms with van der Waals surface area (Å²) in [5, 5.41) is 4.28. The van der Waals surface area contributed by atoms with E-state index in [2.05, 4.69) is 10.3 Å². The van der Waals surface area contributed by atoms with Gasteiger partial charge in [-0.05, 0) is 36.5 Å². The van der Waals surface area contributed by atoms with Crippen LogP contribution in [0.5, 0.6) is 0 Å². The number of anilines is 1. The number of nitrogens with two attached hydrogens (primary N) is 1. The lowest BCUT2D eigenvalue weighted by Gasteiger charge is -2.13. The van der Waals surface area contributed by atoms with E-state index >= 15 is 0 Å². The molecule has 2 atom stereocenters. The van der Waals surface area contributed by atoms with Crippen LogP contribution >= 0.6 is 35.3 Å². The Labute approximate surface area is 157 Å². The molecule has 3 N–H and O–H groups in total. The van der Waals surface area contributed by atoms with Gasteiger partial charge in [0.2, 0.25) is 5.91 Å². The van der Waals surface area contributed by atoms with Gasteiger partial charge in [-0.1, -0.05) is 30.2 Å². The van der Waals surface area contributed by atoms with E-state index in [1.165, 1.54) is 11.3 Å². The van der Waals surface area contributed by atoms with E-state index < -0.39 is 0 Å². The fraction of sp³-hybridized carbons (Fsp3) is 0.412. The lowest BCUT2D eigenvalue weighted by atomic mass is 10.00. The average molecular weight is 386 g/mol. The summed E-state index contributed by atoms with van der Waals surface area (Å²) in [6, 6.07) is 7.94. The average Bonchev–Trinajstić information content (AvgIpc) is 3.09. The smallest absolute Gasteiger partial charge is 0.226 e. The molecule has 1 fully saturated rings. The molecule has 2 aromatic rings. The van der Waals surface area contributed by atoms with Crippen LogP contribution in [-0.2, 0) is 11.2 Å². The highest BCUT2D eigenvalue weighted by Crippen LogP contribution is 2.28. The summed E-state index contributed by atoms with van der Waals surface area (Å²) < 4.78 is 0. The number of thiazole rings is 1. The maximum Gasteiger partial charge on any atom is 0.226 e. The summed E-state index contributed by atoms with van der Waals surface area (Å²) in [7, 11) is 0. The minimum atomic E-state index is 0. The third-order valence-corrected chi connectivity index (χ3v) is 5.38. The van der Waals surface area contributed by atoms with E-state index in [9.17, 15) is 4.79 Å². The molecule has 1 amide bonds. The molecule has 0 spiro atoms. The van der Waals surface area contributed by atoms with Crippen molar-refractivity contribution < 1.29 is 4.79 Å². The van der Waals surface area contributed by atoms with Crippen LogP contribution in [0.15, 0.2) is 30.5 Å². The molecule has 1 saturated carbocycles. The molecule has 1 aliphatic carbocycles. The molecule has 0 bridgehead atoms. The van der Waals surface area contributed by atoms with Gasteiger partial charge in [0.1, 0.15) is 0 Å². The van der Waals surface area contributed by atoms with Gasteiger partial charge in [0.15, 0.2) is 5.13 Å². The molecular weight excluding hydrogens is 365 g/mol. The number of nitrogens with zero attached hydrogens (tertiary/aromatic N) is 1. The van der Waals surface area contributed by atoms with E-state index in [0.717, 1.165) is 41.1 Å². The molecule has 0 aliphatic heterocycles. The molecule has 3 rings (SSSR count). The highest BCUT2D eigenvalue weighted by atomic mass is 35.5. The summed E-state index contributed by atoms with van der Waals surface area (Å²) in [6.45, 7) is 0. The number of benzene rings is 1. The zero-order chi connectivity index (χ0) is 16.2. The van der Waals surface area contributed by atoms with Crippen molar-refractivity contribution in [3.63, 3.8) is 0 Å². The van der Waals surface area contributed by atoms with Crippen molar-refractivity contribution in [3.05, 3.63) is 45.9 Å². The molecule has 1 aromatic carbocycles. The van der Waals surface area contributed by atoms with Crippen molar-refractivity contribution in [3.8, 4) is 0 Å². The number of amides is 1. The predicted octanol–water partition coefficient (Wildman–Crippen LogP) is 4.27. The Morgan fingerprint density at radius 2 is 2.25 bits per heavy atom. The Bertz CT molecular complexity index is 692. The number of nitrogens with one attached hydrogen (secondary N) is 1. The Balaban J connectivity index is 0.00000208. The van der Waals surface area contributed by atoms with Crippen LogP contribution in [0.1, 0.15) is 36.1 Å². The van der Waals surface area contributed by atoms with Crippen molar-refractivity contribution in [2.24, 2.45) is 11.7 Å². The van der Waals surface area contributed by atoms with Gasteiger partial charge in [0.05, 0.1) is 0 Å². The van der Waals surface area contributed by atoms with Crippen LogP contribution in [0.4, 0.5) is 5.13 Å². The van der Waals surface area contributed by atoms with Crippen molar-refractivity contribution in [1.82, 2.24) is 4.98 Å². The lowest BCUT2D eigenvalue weighted by Crippen LogP contribution is -2.28. The van der Waals surface area contributed by atoms with Gasteiger partial charge < -0.3 is 11.1 Å². The molecule has 1 heterocycles. The molecule has 1 aliphatic rings. The third-order valence-electron chi connectivity index (χ3n) is 4.23. The largest absolute Gasteiger partial charge is 0.327 e. The second-order valence-corrected chi connectivity index (χ2v) is 7.60. The minimum absolute atomic E-state index is 0. The van der Waals surface area contributed by atoms with E-state index in [1.54, 1.807) is 0 Å². The molecule has 0 unspecified atom stereocenters. The summed E-state index contributed by atoms with van der Waals surface area (Å²) in [4.78, 5) is 17.5. The van der Waals surface area contributed by atoms with Crippen LogP contribution in [0, 0.1) is 5.92 Å². The maximum atomic E-state index is 12.1. The van der Waals surface area contributed by atoms with Gasteiger partial charge in [-0.15, -0.1) is 23.7 Å². The monoisotopic (exact) mass is 385 g/mol. The minimum Gasteiger partial charge on any atom is -0.327 e. The zero-order valence-electron chi connectivity index (χ0n) is 13.2. The van der Waals surface area contributed by atoms with Gasteiger partial charge in [-0.2, -0.15) is 0 Å². The highest BCUT2D eigenvalue weighted by molar-refractivity contribution is 7.15. The number of hydrogen-bond acceptors (Lipinski definition) is 4. The lowest BCUT2D eigenvalue weighted by molar-refractivity contribution is -0.117. The molecule has 130 valence electrons. The highest BCUT2D eigenvalue weighted by Gasteiger charge is 2.26. The normalized spacial score (nSPS) is 19.8. The summed E-state index contributed by atoms with van der Waals surface area (Å²) in [5.74, 6) is 0.317. The number of aromatic nitrogens is 1. The molecule has 1 aromatic heterocycles. The molecule has 24 heavy (non-hydrogen) atoms. The quantitative estimate of drug-likeness (QED) is 0.807. The third kappa shape index (κ3) is 5.18. The molecular formula is C17H21Cl2N3OS. The number of carbonyl (C=O) groups is 1. The Morgan fingerprint density at radius 3 is 2.96 bits per heavy atom. The van der Waals surface area contributed by atoms with Gasteiger partial charge >= 0.3 is 0 Å². The van der Waals surface area contributed by atoms with E-state index in [0.29, 0.717) is 17.5 Å². The topological polar surface area (TPSA) is 68.0 Å². The fourth-order valence-electron chi connectivity index (χ4n) is 3.02. The molecule has 4 nitrogen and oxygen atoms in total. The van der Waals surface area contributed by atoms with Gasteiger partial charge in [0, 0.05) is 35.0 Å². The Hall–Kier alpha value is -1.14. The summed E-state index contributed by atoms with van der Waals surface area (Å²) in [6.07, 6.45) is 6.26. The predicted molar refractivity (Wildman–Crippen MR) is 102 cm³/mol. The van der Waals surface area contributed by atoms with E-state index in [1.807, 2.05) is 30.5 Å². The van der Waals surface area contributed by atoms with E-state index in [4.69, 9.17) is 17.3 Å². The fourth-order valence-corrected chi connectivity index (χ4v) is 4.10. The first-order valence-corrected chi connectivity index (χ1v) is 9.04. The van der Waals surface area contributed by atoms with Crippen LogP contribution < -0.4 is 11.1 Å². The van der Waals surface area contributed by atoms with Crippen molar-refractivity contribution in [2.75, 3.05) is 5.32 Å². The van der Waals surface area contributed by atoms with Crippen molar-refractivity contribution in [2.45, 2.75) is 38.1 Å². The number of rotatable bonds is 5. The Kier molecular flexibility index (Phi) is 7.04. The first-order chi connectivity index (χ1) is 11.1. The SMILES string of the molecule is Cl.N[C@@H]1CCC[C@H]1CC(=O)Nc1ncc(Cc2cccc(Cl)c2)s1. The number of hydrogen-bond donors (Lipinski definition) is 2.